The van der Waals surface area contributed by atoms with Crippen LogP contribution in [0.1, 0.15) is 19.4 Å². The molecule has 1 aromatic rings. The Hall–Kier alpha value is -1.75. The van der Waals surface area contributed by atoms with Crippen LogP contribution in [0.4, 0.5) is 4.79 Å². The Balaban J connectivity index is 2.36. The smallest absolute Gasteiger partial charge is 0.317 e. The van der Waals surface area contributed by atoms with Crippen molar-refractivity contribution in [2.24, 2.45) is 0 Å². The van der Waals surface area contributed by atoms with E-state index in [0.29, 0.717) is 19.7 Å². The molecule has 1 atom stereocenters. The Morgan fingerprint density at radius 3 is 2.90 bits per heavy atom. The first-order valence-corrected chi connectivity index (χ1v) is 6.91. The molecule has 1 unspecified atom stereocenters. The second-order valence-corrected chi connectivity index (χ2v) is 4.79. The lowest BCUT2D eigenvalue weighted by Crippen LogP contribution is -2.41. The number of nitrogens with zero attached hydrogens (tertiary/aromatic N) is 1. The fourth-order valence-electron chi connectivity index (χ4n) is 1.89. The van der Waals surface area contributed by atoms with Crippen LogP contribution >= 0.6 is 0 Å². The molecule has 0 heterocycles. The number of carbonyl (C=O) groups excluding carboxylic acids is 1. The molecular weight excluding hydrogens is 256 g/mol. The van der Waals surface area contributed by atoms with E-state index in [9.17, 15) is 9.90 Å². The van der Waals surface area contributed by atoms with Gasteiger partial charge in [0.25, 0.3) is 0 Å². The van der Waals surface area contributed by atoms with Gasteiger partial charge in [-0.1, -0.05) is 12.1 Å². The number of aliphatic hydroxyl groups is 1. The van der Waals surface area contributed by atoms with Gasteiger partial charge in [-0.15, -0.1) is 0 Å². The molecule has 0 saturated carbocycles. The van der Waals surface area contributed by atoms with Gasteiger partial charge < -0.3 is 20.1 Å². The number of hydrogen-bond donors (Lipinski definition) is 2. The van der Waals surface area contributed by atoms with Crippen molar-refractivity contribution in [2.45, 2.75) is 26.4 Å². The topological polar surface area (TPSA) is 61.8 Å². The monoisotopic (exact) mass is 280 g/mol. The summed E-state index contributed by atoms with van der Waals surface area (Å²) in [7, 11) is 1.66. The molecular formula is C15H24N2O3. The number of benzene rings is 1. The molecule has 0 aliphatic heterocycles. The molecule has 5 nitrogen and oxygen atoms in total. The van der Waals surface area contributed by atoms with Crippen LogP contribution < -0.4 is 10.1 Å². The zero-order valence-electron chi connectivity index (χ0n) is 12.4. The average molecular weight is 280 g/mol. The summed E-state index contributed by atoms with van der Waals surface area (Å²) in [5.74, 6) is 0.850. The predicted octanol–water partition coefficient (Wildman–Crippen LogP) is 1.65. The van der Waals surface area contributed by atoms with Crippen molar-refractivity contribution >= 4 is 6.03 Å². The van der Waals surface area contributed by atoms with Crippen LogP contribution in [0.2, 0.25) is 0 Å². The summed E-state index contributed by atoms with van der Waals surface area (Å²) in [5.41, 5.74) is 1.12. The van der Waals surface area contributed by atoms with Crippen molar-refractivity contribution in [1.82, 2.24) is 10.2 Å². The van der Waals surface area contributed by atoms with Crippen molar-refractivity contribution in [3.63, 3.8) is 0 Å². The van der Waals surface area contributed by atoms with E-state index in [0.717, 1.165) is 17.7 Å². The van der Waals surface area contributed by atoms with E-state index in [2.05, 4.69) is 5.32 Å². The molecule has 0 fully saturated rings. The highest BCUT2D eigenvalue weighted by Gasteiger charge is 2.09. The van der Waals surface area contributed by atoms with E-state index in [-0.39, 0.29) is 6.03 Å². The van der Waals surface area contributed by atoms with Crippen molar-refractivity contribution in [1.29, 1.82) is 0 Å². The Kier molecular flexibility index (Phi) is 6.87. The average Bonchev–Trinajstić information content (AvgIpc) is 2.38. The second kappa shape index (κ2) is 8.43. The number of nitrogens with one attached hydrogen (secondary N) is 1. The number of likely N-dealkylation sites (N-methyl/N-ethyl adjacent to an activating group) is 1. The third-order valence-corrected chi connectivity index (χ3v) is 2.78. The van der Waals surface area contributed by atoms with Gasteiger partial charge in [0.05, 0.1) is 12.7 Å². The first kappa shape index (κ1) is 16.3. The van der Waals surface area contributed by atoms with Crippen LogP contribution in [0.25, 0.3) is 0 Å². The summed E-state index contributed by atoms with van der Waals surface area (Å²) < 4.78 is 5.43. The number of aliphatic hydroxyl groups excluding tert-OH is 1. The fraction of sp³-hybridized carbons (Fsp3) is 0.533. The van der Waals surface area contributed by atoms with Gasteiger partial charge in [-0.3, -0.25) is 0 Å². The third-order valence-electron chi connectivity index (χ3n) is 2.78. The van der Waals surface area contributed by atoms with Crippen molar-refractivity contribution in [3.05, 3.63) is 29.8 Å². The minimum absolute atomic E-state index is 0.174. The summed E-state index contributed by atoms with van der Waals surface area (Å²) in [6.45, 7) is 5.13. The highest BCUT2D eigenvalue weighted by molar-refractivity contribution is 5.73. The van der Waals surface area contributed by atoms with Crippen LogP contribution in [0.15, 0.2) is 24.3 Å². The summed E-state index contributed by atoms with van der Waals surface area (Å²) in [5, 5.41) is 12.0. The molecule has 112 valence electrons. The number of carbonyl (C=O) groups is 1. The number of hydrogen-bond acceptors (Lipinski definition) is 3. The molecule has 0 bridgehead atoms. The Labute approximate surface area is 120 Å². The summed E-state index contributed by atoms with van der Waals surface area (Å²) in [4.78, 5) is 13.2. The van der Waals surface area contributed by atoms with Gasteiger partial charge >= 0.3 is 6.03 Å². The van der Waals surface area contributed by atoms with E-state index in [1.807, 2.05) is 31.2 Å². The molecule has 2 N–H and O–H groups in total. The van der Waals surface area contributed by atoms with E-state index in [4.69, 9.17) is 4.74 Å². The van der Waals surface area contributed by atoms with Crippen molar-refractivity contribution < 1.29 is 14.6 Å². The van der Waals surface area contributed by atoms with Gasteiger partial charge in [-0.05, 0) is 38.0 Å². The third kappa shape index (κ3) is 5.93. The van der Waals surface area contributed by atoms with Gasteiger partial charge in [0.2, 0.25) is 0 Å². The maximum absolute atomic E-state index is 11.7. The molecule has 0 spiro atoms. The molecule has 20 heavy (non-hydrogen) atoms. The van der Waals surface area contributed by atoms with Gasteiger partial charge in [0, 0.05) is 20.1 Å². The van der Waals surface area contributed by atoms with Crippen LogP contribution in [-0.4, -0.2) is 48.9 Å². The number of urea groups is 1. The molecule has 0 aromatic heterocycles. The predicted molar refractivity (Wildman–Crippen MR) is 79.0 cm³/mol. The zero-order valence-corrected chi connectivity index (χ0v) is 12.4. The number of ether oxygens (including phenoxy) is 1. The van der Waals surface area contributed by atoms with Crippen molar-refractivity contribution in [3.8, 4) is 5.75 Å². The van der Waals surface area contributed by atoms with Gasteiger partial charge in [-0.2, -0.15) is 0 Å². The molecule has 0 saturated heterocycles. The molecule has 5 heteroatoms. The largest absolute Gasteiger partial charge is 0.494 e. The lowest BCUT2D eigenvalue weighted by Gasteiger charge is -2.19. The lowest BCUT2D eigenvalue weighted by atomic mass is 10.1. The van der Waals surface area contributed by atoms with E-state index < -0.39 is 6.10 Å². The highest BCUT2D eigenvalue weighted by atomic mass is 16.5. The summed E-state index contributed by atoms with van der Waals surface area (Å²) in [6.07, 6.45) is 0.225. The minimum atomic E-state index is -0.520. The van der Waals surface area contributed by atoms with E-state index in [1.54, 1.807) is 14.0 Å². The van der Waals surface area contributed by atoms with Crippen LogP contribution in [0.5, 0.6) is 5.75 Å². The first-order chi connectivity index (χ1) is 9.52. The SMILES string of the molecule is CCOc1cccc(CCNC(=O)N(C)CC(C)O)c1. The molecule has 0 aliphatic rings. The van der Waals surface area contributed by atoms with Gasteiger partial charge in [0.1, 0.15) is 5.75 Å². The zero-order chi connectivity index (χ0) is 15.0. The number of amides is 2. The van der Waals surface area contributed by atoms with E-state index >= 15 is 0 Å². The Morgan fingerprint density at radius 2 is 2.25 bits per heavy atom. The maximum atomic E-state index is 11.7. The van der Waals surface area contributed by atoms with Crippen LogP contribution in [0.3, 0.4) is 0 Å². The van der Waals surface area contributed by atoms with Crippen LogP contribution in [-0.2, 0) is 6.42 Å². The molecule has 0 aliphatic carbocycles. The van der Waals surface area contributed by atoms with Crippen molar-refractivity contribution in [2.75, 3.05) is 26.7 Å². The maximum Gasteiger partial charge on any atom is 0.317 e. The normalized spacial score (nSPS) is 11.8. The fourth-order valence-corrected chi connectivity index (χ4v) is 1.89. The number of rotatable bonds is 7. The Morgan fingerprint density at radius 1 is 1.50 bits per heavy atom. The van der Waals surface area contributed by atoms with Gasteiger partial charge in [-0.25, -0.2) is 4.79 Å². The molecule has 1 rings (SSSR count). The summed E-state index contributed by atoms with van der Waals surface area (Å²) in [6, 6.07) is 7.68. The van der Waals surface area contributed by atoms with Crippen LogP contribution in [0, 0.1) is 0 Å². The highest BCUT2D eigenvalue weighted by Crippen LogP contribution is 2.13. The first-order valence-electron chi connectivity index (χ1n) is 6.91. The molecule has 1 aromatic carbocycles. The molecule has 0 radical (unpaired) electrons. The standard InChI is InChI=1S/C15H24N2O3/c1-4-20-14-7-5-6-13(10-14)8-9-16-15(19)17(3)11-12(2)18/h5-7,10,12,18H,4,8-9,11H2,1-3H3,(H,16,19). The minimum Gasteiger partial charge on any atom is -0.494 e. The van der Waals surface area contributed by atoms with Gasteiger partial charge in [0.15, 0.2) is 0 Å². The Bertz CT molecular complexity index is 421. The summed E-state index contributed by atoms with van der Waals surface area (Å²) >= 11 is 0. The van der Waals surface area contributed by atoms with E-state index in [1.165, 1.54) is 4.90 Å². The molecule has 2 amide bonds. The quantitative estimate of drug-likeness (QED) is 0.798. The second-order valence-electron chi connectivity index (χ2n) is 4.79. The lowest BCUT2D eigenvalue weighted by molar-refractivity contribution is 0.144.